The summed E-state index contributed by atoms with van der Waals surface area (Å²) < 4.78 is 4.86. The first kappa shape index (κ1) is 24.7. The lowest BCUT2D eigenvalue weighted by Crippen LogP contribution is -2.27. The molecular formula is C28H29N7O3. The Morgan fingerprint density at radius 3 is 2.42 bits per heavy atom. The maximum Gasteiger partial charge on any atom is 0.269 e. The Morgan fingerprint density at radius 1 is 1.00 bits per heavy atom. The molecule has 10 heteroatoms. The van der Waals surface area contributed by atoms with Gasteiger partial charge < -0.3 is 15.2 Å². The Balaban J connectivity index is 0.000000302. The van der Waals surface area contributed by atoms with Crippen LogP contribution in [0.3, 0.4) is 0 Å². The molecule has 5 aromatic rings. The fourth-order valence-electron chi connectivity index (χ4n) is 4.63. The second-order valence-corrected chi connectivity index (χ2v) is 9.10. The largest absolute Gasteiger partial charge is 0.364 e. The number of carbonyl (C=O) groups excluding carboxylic acids is 2. The molecule has 1 atom stereocenters. The molecule has 0 bridgehead atoms. The van der Waals surface area contributed by atoms with Crippen LogP contribution in [-0.4, -0.2) is 35.9 Å². The van der Waals surface area contributed by atoms with Crippen LogP contribution in [0.1, 0.15) is 36.4 Å². The van der Waals surface area contributed by atoms with E-state index in [4.69, 9.17) is 5.73 Å². The van der Waals surface area contributed by atoms with Crippen LogP contribution in [0.25, 0.3) is 16.6 Å². The highest BCUT2D eigenvalue weighted by atomic mass is 16.2. The highest BCUT2D eigenvalue weighted by Crippen LogP contribution is 2.38. The van der Waals surface area contributed by atoms with Gasteiger partial charge in [-0.1, -0.05) is 30.3 Å². The van der Waals surface area contributed by atoms with E-state index in [2.05, 4.69) is 22.3 Å². The van der Waals surface area contributed by atoms with E-state index in [0.717, 1.165) is 34.3 Å². The first-order valence-electron chi connectivity index (χ1n) is 12.1. The molecule has 0 spiro atoms. The molecule has 0 radical (unpaired) electrons. The van der Waals surface area contributed by atoms with E-state index in [1.54, 1.807) is 49.5 Å². The number of primary amides is 1. The SMILES string of the molecule is Cn1cc(-n2ncc3cc(N4C(=O)CC[C@H]4c4ccccc4)ccc32)ccc1=O.Cn1ccc(C(N)=O)n1.[HH]. The molecule has 3 aromatic heterocycles. The number of amides is 2. The molecule has 1 aliphatic rings. The van der Waals surface area contributed by atoms with Crippen LogP contribution in [0.5, 0.6) is 0 Å². The fraction of sp³-hybridized carbons (Fsp3) is 0.179. The number of rotatable bonds is 4. The number of aromatic nitrogens is 5. The number of nitrogens with zero attached hydrogens (tertiary/aromatic N) is 6. The summed E-state index contributed by atoms with van der Waals surface area (Å²) in [5.74, 6) is -0.348. The molecule has 0 unspecified atom stereocenters. The number of hydrogen-bond donors (Lipinski definition) is 1. The monoisotopic (exact) mass is 511 g/mol. The molecule has 4 heterocycles. The Labute approximate surface area is 220 Å². The Bertz CT molecular complexity index is 1690. The van der Waals surface area contributed by atoms with E-state index in [-0.39, 0.29) is 18.9 Å². The van der Waals surface area contributed by atoms with Crippen molar-refractivity contribution in [1.29, 1.82) is 0 Å². The molecule has 2 N–H and O–H groups in total. The summed E-state index contributed by atoms with van der Waals surface area (Å²) >= 11 is 0. The number of fused-ring (bicyclic) bond motifs is 1. The van der Waals surface area contributed by atoms with Crippen molar-refractivity contribution >= 4 is 28.4 Å². The highest BCUT2D eigenvalue weighted by Gasteiger charge is 2.33. The Morgan fingerprint density at radius 2 is 1.76 bits per heavy atom. The van der Waals surface area contributed by atoms with Crippen molar-refractivity contribution in [1.82, 2.24) is 24.1 Å². The molecule has 2 amide bonds. The fourth-order valence-corrected chi connectivity index (χ4v) is 4.63. The van der Waals surface area contributed by atoms with Crippen molar-refractivity contribution in [2.24, 2.45) is 19.8 Å². The summed E-state index contributed by atoms with van der Waals surface area (Å²) in [6.07, 6.45) is 6.59. The average molecular weight is 512 g/mol. The van der Waals surface area contributed by atoms with E-state index < -0.39 is 5.91 Å². The van der Waals surface area contributed by atoms with Gasteiger partial charge in [0.1, 0.15) is 5.69 Å². The minimum Gasteiger partial charge on any atom is -0.364 e. The van der Waals surface area contributed by atoms with Gasteiger partial charge in [0, 0.05) is 51.5 Å². The zero-order valence-corrected chi connectivity index (χ0v) is 21.1. The van der Waals surface area contributed by atoms with Gasteiger partial charge in [-0.2, -0.15) is 10.2 Å². The van der Waals surface area contributed by atoms with E-state index in [9.17, 15) is 14.4 Å². The van der Waals surface area contributed by atoms with Crippen LogP contribution in [0.4, 0.5) is 5.69 Å². The summed E-state index contributed by atoms with van der Waals surface area (Å²) in [4.78, 5) is 36.6. The molecule has 6 rings (SSSR count). The number of aryl methyl sites for hydroxylation is 2. The second-order valence-electron chi connectivity index (χ2n) is 9.10. The summed E-state index contributed by atoms with van der Waals surface area (Å²) in [5.41, 5.74) is 8.93. The van der Waals surface area contributed by atoms with E-state index >= 15 is 0 Å². The number of hydrogen-bond acceptors (Lipinski definition) is 5. The average Bonchev–Trinajstić information content (AvgIpc) is 3.64. The molecule has 1 fully saturated rings. The molecule has 0 aliphatic carbocycles. The summed E-state index contributed by atoms with van der Waals surface area (Å²) in [7, 11) is 3.45. The maximum atomic E-state index is 12.7. The third kappa shape index (κ3) is 4.83. The van der Waals surface area contributed by atoms with Crippen LogP contribution in [-0.2, 0) is 18.9 Å². The van der Waals surface area contributed by atoms with Crippen LogP contribution in [0, 0.1) is 0 Å². The highest BCUT2D eigenvalue weighted by molar-refractivity contribution is 5.98. The second kappa shape index (κ2) is 10.2. The van der Waals surface area contributed by atoms with Crippen molar-refractivity contribution in [2.75, 3.05) is 4.90 Å². The van der Waals surface area contributed by atoms with Gasteiger partial charge in [0.15, 0.2) is 0 Å². The third-order valence-corrected chi connectivity index (χ3v) is 6.51. The van der Waals surface area contributed by atoms with Crippen LogP contribution in [0.15, 0.2) is 90.1 Å². The first-order chi connectivity index (χ1) is 18.3. The summed E-state index contributed by atoms with van der Waals surface area (Å²) in [6, 6.07) is 21.1. The van der Waals surface area contributed by atoms with Gasteiger partial charge in [-0.3, -0.25) is 19.1 Å². The maximum absolute atomic E-state index is 12.7. The molecule has 2 aromatic carbocycles. The van der Waals surface area contributed by atoms with Gasteiger partial charge >= 0.3 is 0 Å². The molecule has 38 heavy (non-hydrogen) atoms. The molecule has 1 saturated heterocycles. The standard InChI is InChI=1S/C23H20N4O2.C5H7N3O.H2/c1-25-15-19(8-11-22(25)28)27-21-9-7-18(13-17(21)14-24-27)26-20(10-12-23(26)29)16-5-3-2-4-6-16;1-8-3-2-4(7-8)5(6)9;/h2-9,11,13-15,20H,10,12H2,1H3;2-3H,1H3,(H2,6,9);1H/t20-;;/m0../s1. The van der Waals surface area contributed by atoms with Crippen LogP contribution < -0.4 is 16.2 Å². The van der Waals surface area contributed by atoms with Gasteiger partial charge in [-0.25, -0.2) is 4.68 Å². The van der Waals surface area contributed by atoms with Gasteiger partial charge in [-0.15, -0.1) is 0 Å². The predicted molar refractivity (Wildman–Crippen MR) is 146 cm³/mol. The molecular weight excluding hydrogens is 482 g/mol. The number of nitrogens with two attached hydrogens (primary N) is 1. The molecule has 10 nitrogen and oxygen atoms in total. The van der Waals surface area contributed by atoms with Gasteiger partial charge in [0.2, 0.25) is 11.5 Å². The number of pyridine rings is 1. The summed E-state index contributed by atoms with van der Waals surface area (Å²) in [5, 5.41) is 9.20. The number of benzene rings is 2. The lowest BCUT2D eigenvalue weighted by atomic mass is 10.0. The van der Waals surface area contributed by atoms with Crippen molar-refractivity contribution < 1.29 is 11.0 Å². The third-order valence-electron chi connectivity index (χ3n) is 6.51. The Kier molecular flexibility index (Phi) is 6.61. The minimum atomic E-state index is -0.490. The van der Waals surface area contributed by atoms with Crippen LogP contribution in [0.2, 0.25) is 0 Å². The molecule has 194 valence electrons. The van der Waals surface area contributed by atoms with E-state index in [0.29, 0.717) is 12.1 Å². The zero-order chi connectivity index (χ0) is 26.8. The summed E-state index contributed by atoms with van der Waals surface area (Å²) in [6.45, 7) is 0. The minimum absolute atomic E-state index is 0. The molecule has 0 saturated carbocycles. The topological polar surface area (TPSA) is 121 Å². The lowest BCUT2D eigenvalue weighted by molar-refractivity contribution is -0.117. The van der Waals surface area contributed by atoms with Crippen molar-refractivity contribution in [3.05, 3.63) is 107 Å². The number of carbonyl (C=O) groups is 2. The lowest BCUT2D eigenvalue weighted by Gasteiger charge is -2.25. The normalized spacial score (nSPS) is 14.9. The van der Waals surface area contributed by atoms with Gasteiger partial charge in [0.05, 0.1) is 23.4 Å². The van der Waals surface area contributed by atoms with Gasteiger partial charge in [0.25, 0.3) is 5.91 Å². The first-order valence-corrected chi connectivity index (χ1v) is 12.1. The van der Waals surface area contributed by atoms with Crippen molar-refractivity contribution in [3.63, 3.8) is 0 Å². The van der Waals surface area contributed by atoms with Gasteiger partial charge in [-0.05, 0) is 42.3 Å². The smallest absolute Gasteiger partial charge is 0.269 e. The molecule has 1 aliphatic heterocycles. The number of anilines is 1. The van der Waals surface area contributed by atoms with Crippen LogP contribution >= 0.6 is 0 Å². The van der Waals surface area contributed by atoms with E-state index in [1.807, 2.05) is 41.3 Å². The predicted octanol–water partition coefficient (Wildman–Crippen LogP) is 3.36. The Hall–Kier alpha value is -4.99. The quantitative estimate of drug-likeness (QED) is 0.397. The van der Waals surface area contributed by atoms with Crippen molar-refractivity contribution in [3.8, 4) is 5.69 Å². The van der Waals surface area contributed by atoms with Crippen molar-refractivity contribution in [2.45, 2.75) is 18.9 Å². The van der Waals surface area contributed by atoms with E-state index in [1.165, 1.54) is 15.3 Å². The zero-order valence-electron chi connectivity index (χ0n) is 21.1.